The van der Waals surface area contributed by atoms with Crippen LogP contribution in [-0.4, -0.2) is 0 Å². The molecule has 0 spiro atoms. The van der Waals surface area contributed by atoms with Gasteiger partial charge < -0.3 is 0 Å². The van der Waals surface area contributed by atoms with Crippen molar-refractivity contribution in [3.63, 3.8) is 0 Å². The highest BCUT2D eigenvalue weighted by atomic mass is 14.2. The Bertz CT molecular complexity index is 131. The van der Waals surface area contributed by atoms with E-state index in [-0.39, 0.29) is 0 Å². The van der Waals surface area contributed by atoms with Gasteiger partial charge in [-0.3, -0.25) is 0 Å². The minimum absolute atomic E-state index is 0.899. The highest BCUT2D eigenvalue weighted by Gasteiger charge is 2.18. The molecule has 1 atom stereocenters. The highest BCUT2D eigenvalue weighted by molar-refractivity contribution is 4.70. The van der Waals surface area contributed by atoms with E-state index in [0.717, 1.165) is 17.8 Å². The molecule has 1 aliphatic rings. The molecule has 1 unspecified atom stereocenters. The van der Waals surface area contributed by atoms with Gasteiger partial charge in [0.2, 0.25) is 0 Å². The Kier molecular flexibility index (Phi) is 5.59. The van der Waals surface area contributed by atoms with Crippen LogP contribution in [0.25, 0.3) is 0 Å². The fraction of sp³-hybridized carbons (Fsp3) is 1.00. The number of hydrogen-bond donors (Lipinski definition) is 0. The molecule has 1 saturated carbocycles. The third-order valence-electron chi connectivity index (χ3n) is 4.02. The van der Waals surface area contributed by atoms with E-state index < -0.39 is 0 Å². The first-order valence-corrected chi connectivity index (χ1v) is 6.74. The second-order valence-corrected chi connectivity index (χ2v) is 5.52. The molecule has 0 bridgehead atoms. The summed E-state index contributed by atoms with van der Waals surface area (Å²) in [6.07, 6.45) is 11.9. The van der Waals surface area contributed by atoms with Crippen LogP contribution in [0.15, 0.2) is 0 Å². The van der Waals surface area contributed by atoms with Crippen molar-refractivity contribution in [1.29, 1.82) is 0 Å². The zero-order chi connectivity index (χ0) is 10.4. The molecule has 0 aliphatic heterocycles. The van der Waals surface area contributed by atoms with Crippen molar-refractivity contribution in [2.75, 3.05) is 0 Å². The van der Waals surface area contributed by atoms with Crippen molar-refractivity contribution in [3.05, 3.63) is 0 Å². The molecule has 84 valence electrons. The van der Waals surface area contributed by atoms with Gasteiger partial charge in [0.05, 0.1) is 0 Å². The molecule has 0 heterocycles. The van der Waals surface area contributed by atoms with E-state index in [9.17, 15) is 0 Å². The summed E-state index contributed by atoms with van der Waals surface area (Å²) in [6.45, 7) is 7.12. The average molecular weight is 196 g/mol. The van der Waals surface area contributed by atoms with Crippen molar-refractivity contribution in [2.24, 2.45) is 17.8 Å². The second kappa shape index (κ2) is 6.48. The smallest absolute Gasteiger partial charge is 0.0391 e. The maximum absolute atomic E-state index is 2.40. The van der Waals surface area contributed by atoms with Gasteiger partial charge in [-0.05, 0) is 24.2 Å². The molecular formula is C14H28. The van der Waals surface area contributed by atoms with Crippen LogP contribution in [0.2, 0.25) is 0 Å². The standard InChI is InChI=1S/C14H28/c1-4-7-14(12(2)3)11-10-13-8-5-6-9-13/h12-14H,4-11H2,1-3H3. The fourth-order valence-electron chi connectivity index (χ4n) is 2.93. The van der Waals surface area contributed by atoms with Gasteiger partial charge in [-0.1, -0.05) is 65.7 Å². The van der Waals surface area contributed by atoms with Crippen LogP contribution < -0.4 is 0 Å². The van der Waals surface area contributed by atoms with Gasteiger partial charge in [-0.15, -0.1) is 0 Å². The first-order valence-electron chi connectivity index (χ1n) is 6.74. The summed E-state index contributed by atoms with van der Waals surface area (Å²) in [6, 6.07) is 0. The van der Waals surface area contributed by atoms with Gasteiger partial charge in [0.15, 0.2) is 0 Å². The van der Waals surface area contributed by atoms with E-state index >= 15 is 0 Å². The molecule has 1 fully saturated rings. The van der Waals surface area contributed by atoms with Crippen LogP contribution in [0.1, 0.15) is 72.1 Å². The summed E-state index contributed by atoms with van der Waals surface area (Å²) in [5.74, 6) is 2.99. The minimum Gasteiger partial charge on any atom is -0.0654 e. The zero-order valence-corrected chi connectivity index (χ0v) is 10.4. The lowest BCUT2D eigenvalue weighted by Crippen LogP contribution is -2.10. The van der Waals surface area contributed by atoms with E-state index in [2.05, 4.69) is 20.8 Å². The lowest BCUT2D eigenvalue weighted by molar-refractivity contribution is 0.301. The van der Waals surface area contributed by atoms with Crippen molar-refractivity contribution in [1.82, 2.24) is 0 Å². The summed E-state index contributed by atoms with van der Waals surface area (Å²) in [5, 5.41) is 0. The van der Waals surface area contributed by atoms with E-state index in [1.165, 1.54) is 51.4 Å². The average Bonchev–Trinajstić information content (AvgIpc) is 2.64. The maximum Gasteiger partial charge on any atom is -0.0391 e. The van der Waals surface area contributed by atoms with Gasteiger partial charge in [-0.2, -0.15) is 0 Å². The van der Waals surface area contributed by atoms with Crippen molar-refractivity contribution >= 4 is 0 Å². The predicted molar refractivity (Wildman–Crippen MR) is 64.4 cm³/mol. The summed E-state index contributed by atoms with van der Waals surface area (Å²) in [4.78, 5) is 0. The van der Waals surface area contributed by atoms with Gasteiger partial charge in [0, 0.05) is 0 Å². The monoisotopic (exact) mass is 196 g/mol. The van der Waals surface area contributed by atoms with Crippen LogP contribution in [-0.2, 0) is 0 Å². The SMILES string of the molecule is CCCC(CCC1CCCC1)C(C)C. The molecule has 1 aliphatic carbocycles. The Morgan fingerprint density at radius 2 is 1.71 bits per heavy atom. The molecule has 1 rings (SSSR count). The van der Waals surface area contributed by atoms with Gasteiger partial charge >= 0.3 is 0 Å². The predicted octanol–water partition coefficient (Wildman–Crippen LogP) is 5.03. The topological polar surface area (TPSA) is 0 Å². The Balaban J connectivity index is 2.17. The quantitative estimate of drug-likeness (QED) is 0.559. The summed E-state index contributed by atoms with van der Waals surface area (Å²) < 4.78 is 0. The Morgan fingerprint density at radius 1 is 1.07 bits per heavy atom. The Hall–Kier alpha value is 0. The van der Waals surface area contributed by atoms with Gasteiger partial charge in [-0.25, -0.2) is 0 Å². The molecule has 0 nitrogen and oxygen atoms in total. The Morgan fingerprint density at radius 3 is 2.21 bits per heavy atom. The molecule has 0 saturated heterocycles. The maximum atomic E-state index is 2.40. The van der Waals surface area contributed by atoms with Crippen LogP contribution >= 0.6 is 0 Å². The fourth-order valence-corrected chi connectivity index (χ4v) is 2.93. The molecule has 0 N–H and O–H groups in total. The first-order chi connectivity index (χ1) is 6.74. The van der Waals surface area contributed by atoms with Crippen LogP contribution in [0.4, 0.5) is 0 Å². The number of hydrogen-bond acceptors (Lipinski definition) is 0. The van der Waals surface area contributed by atoms with E-state index in [0.29, 0.717) is 0 Å². The summed E-state index contributed by atoms with van der Waals surface area (Å²) >= 11 is 0. The zero-order valence-electron chi connectivity index (χ0n) is 10.4. The lowest BCUT2D eigenvalue weighted by atomic mass is 9.84. The van der Waals surface area contributed by atoms with Gasteiger partial charge in [0.25, 0.3) is 0 Å². The normalized spacial score (nSPS) is 20.6. The van der Waals surface area contributed by atoms with Gasteiger partial charge in [0.1, 0.15) is 0 Å². The first kappa shape index (κ1) is 12.1. The molecule has 14 heavy (non-hydrogen) atoms. The van der Waals surface area contributed by atoms with Crippen molar-refractivity contribution in [3.8, 4) is 0 Å². The molecular weight excluding hydrogens is 168 g/mol. The minimum atomic E-state index is 0.899. The highest BCUT2D eigenvalue weighted by Crippen LogP contribution is 2.32. The summed E-state index contributed by atoms with van der Waals surface area (Å²) in [7, 11) is 0. The van der Waals surface area contributed by atoms with E-state index in [1.807, 2.05) is 0 Å². The number of rotatable bonds is 6. The molecule has 0 aromatic rings. The molecule has 0 heteroatoms. The van der Waals surface area contributed by atoms with Crippen molar-refractivity contribution < 1.29 is 0 Å². The van der Waals surface area contributed by atoms with Crippen molar-refractivity contribution in [2.45, 2.75) is 72.1 Å². The largest absolute Gasteiger partial charge is 0.0654 e. The molecule has 0 aromatic heterocycles. The van der Waals surface area contributed by atoms with Crippen LogP contribution in [0.5, 0.6) is 0 Å². The van der Waals surface area contributed by atoms with Crippen LogP contribution in [0, 0.1) is 17.8 Å². The third-order valence-corrected chi connectivity index (χ3v) is 4.02. The lowest BCUT2D eigenvalue weighted by Gasteiger charge is -2.21. The Labute approximate surface area is 90.5 Å². The molecule has 0 amide bonds. The van der Waals surface area contributed by atoms with E-state index in [1.54, 1.807) is 0 Å². The second-order valence-electron chi connectivity index (χ2n) is 5.52. The molecule has 0 aromatic carbocycles. The molecule has 0 radical (unpaired) electrons. The van der Waals surface area contributed by atoms with Crippen LogP contribution in [0.3, 0.4) is 0 Å². The summed E-state index contributed by atoms with van der Waals surface area (Å²) in [5.41, 5.74) is 0. The van der Waals surface area contributed by atoms with E-state index in [4.69, 9.17) is 0 Å². The third kappa shape index (κ3) is 4.02.